The van der Waals surface area contributed by atoms with Crippen molar-refractivity contribution in [2.45, 2.75) is 44.6 Å². The van der Waals surface area contributed by atoms with Crippen molar-refractivity contribution in [3.63, 3.8) is 0 Å². The Balaban J connectivity index is 1.88. The fourth-order valence-corrected chi connectivity index (χ4v) is 3.61. The Labute approximate surface area is 194 Å². The smallest absolute Gasteiger partial charge is 0.158 e. The molecule has 2 aromatic rings. The van der Waals surface area contributed by atoms with Gasteiger partial charge in [0.15, 0.2) is 6.29 Å². The van der Waals surface area contributed by atoms with E-state index in [9.17, 15) is 4.79 Å². The monoisotopic (exact) mass is 447 g/mol. The molecule has 33 heavy (non-hydrogen) atoms. The third kappa shape index (κ3) is 6.75. The van der Waals surface area contributed by atoms with Crippen LogP contribution >= 0.6 is 0 Å². The Hall–Kier alpha value is -3.47. The number of nitrogens with zero attached hydrogens (tertiary/aromatic N) is 3. The number of aldehydes is 1. The maximum atomic E-state index is 10.9. The molecule has 1 aliphatic rings. The molecule has 7 nitrogen and oxygen atoms in total. The molecule has 0 aliphatic carbocycles. The first-order chi connectivity index (χ1) is 16.2. The Morgan fingerprint density at radius 1 is 1.39 bits per heavy atom. The number of allylic oxidation sites excluding steroid dienone is 2. The van der Waals surface area contributed by atoms with Gasteiger partial charge in [0.2, 0.25) is 0 Å². The van der Waals surface area contributed by atoms with Gasteiger partial charge in [-0.3, -0.25) is 4.79 Å². The van der Waals surface area contributed by atoms with E-state index in [1.807, 2.05) is 35.9 Å². The number of aromatic nitrogens is 2. The molecular formula is C26H29N3O4. The third-order valence-corrected chi connectivity index (χ3v) is 5.27. The molecule has 0 saturated carbocycles. The standard InChI is InChI=1S/C26H29N3O4/c1-4-7-23(14-13-21-9-11-22(18-30)12-10-21)24(19-32-27-3)29-16-15-28-26(29)20(2)33-25-8-5-6-17-31-25/h4,7,9-12,15-16,18,20,24-25H,1,3,5-6,8,17,19H2,2H3/b23-7-/t20-,24?,25?/m0/s1. The molecule has 1 aliphatic heterocycles. The van der Waals surface area contributed by atoms with Gasteiger partial charge in [0.25, 0.3) is 0 Å². The molecule has 2 heterocycles. The molecule has 2 unspecified atom stereocenters. The van der Waals surface area contributed by atoms with Crippen molar-refractivity contribution < 1.29 is 19.1 Å². The molecule has 0 N–H and O–H groups in total. The first-order valence-corrected chi connectivity index (χ1v) is 10.9. The van der Waals surface area contributed by atoms with Gasteiger partial charge in [0.05, 0.1) is 0 Å². The van der Waals surface area contributed by atoms with E-state index < -0.39 is 0 Å². The summed E-state index contributed by atoms with van der Waals surface area (Å²) in [7, 11) is 0. The minimum absolute atomic E-state index is 0.206. The highest BCUT2D eigenvalue weighted by molar-refractivity contribution is 5.74. The largest absolute Gasteiger partial charge is 0.394 e. The molecule has 0 radical (unpaired) electrons. The molecular weight excluding hydrogens is 418 g/mol. The van der Waals surface area contributed by atoms with Gasteiger partial charge < -0.3 is 18.9 Å². The lowest BCUT2D eigenvalue weighted by Crippen LogP contribution is -2.26. The van der Waals surface area contributed by atoms with Crippen LogP contribution in [0.25, 0.3) is 0 Å². The normalized spacial score (nSPS) is 17.8. The van der Waals surface area contributed by atoms with E-state index >= 15 is 0 Å². The van der Waals surface area contributed by atoms with Crippen molar-refractivity contribution in [2.24, 2.45) is 5.16 Å². The van der Waals surface area contributed by atoms with E-state index in [1.54, 1.807) is 24.4 Å². The van der Waals surface area contributed by atoms with Crippen LogP contribution < -0.4 is 0 Å². The summed E-state index contributed by atoms with van der Waals surface area (Å²) in [4.78, 5) is 20.8. The van der Waals surface area contributed by atoms with Gasteiger partial charge in [0.1, 0.15) is 30.9 Å². The van der Waals surface area contributed by atoms with Crippen molar-refractivity contribution in [3.05, 3.63) is 77.9 Å². The lowest BCUT2D eigenvalue weighted by atomic mass is 10.1. The lowest BCUT2D eigenvalue weighted by molar-refractivity contribution is -0.188. The zero-order chi connectivity index (χ0) is 23.5. The summed E-state index contributed by atoms with van der Waals surface area (Å²) in [6.07, 6.45) is 10.4. The number of oxime groups is 1. The predicted molar refractivity (Wildman–Crippen MR) is 127 cm³/mol. The Bertz CT molecular complexity index is 1020. The molecule has 1 aromatic heterocycles. The predicted octanol–water partition coefficient (Wildman–Crippen LogP) is 4.64. The number of carbonyl (C=O) groups excluding carboxylic acids is 1. The zero-order valence-corrected chi connectivity index (χ0v) is 18.9. The number of hydrogen-bond donors (Lipinski definition) is 0. The number of ether oxygens (including phenoxy) is 2. The zero-order valence-electron chi connectivity index (χ0n) is 18.9. The fourth-order valence-electron chi connectivity index (χ4n) is 3.61. The quantitative estimate of drug-likeness (QED) is 0.174. The third-order valence-electron chi connectivity index (χ3n) is 5.27. The second kappa shape index (κ2) is 12.5. The van der Waals surface area contributed by atoms with Crippen molar-refractivity contribution in [3.8, 4) is 11.8 Å². The van der Waals surface area contributed by atoms with E-state index in [1.165, 1.54) is 0 Å². The van der Waals surface area contributed by atoms with Crippen LogP contribution in [0.2, 0.25) is 0 Å². The molecule has 0 bridgehead atoms. The maximum Gasteiger partial charge on any atom is 0.158 e. The van der Waals surface area contributed by atoms with Gasteiger partial charge in [-0.25, -0.2) is 4.98 Å². The van der Waals surface area contributed by atoms with Crippen molar-refractivity contribution >= 4 is 13.0 Å². The summed E-state index contributed by atoms with van der Waals surface area (Å²) in [6, 6.07) is 6.75. The Morgan fingerprint density at radius 2 is 2.21 bits per heavy atom. The number of carbonyl (C=O) groups is 1. The minimum atomic E-state index is -0.328. The van der Waals surface area contributed by atoms with Crippen molar-refractivity contribution in [2.75, 3.05) is 13.2 Å². The number of benzene rings is 1. The Morgan fingerprint density at radius 3 is 2.88 bits per heavy atom. The van der Waals surface area contributed by atoms with Gasteiger partial charge in [-0.1, -0.05) is 36.6 Å². The minimum Gasteiger partial charge on any atom is -0.394 e. The van der Waals surface area contributed by atoms with Crippen LogP contribution in [0.3, 0.4) is 0 Å². The van der Waals surface area contributed by atoms with E-state index in [2.05, 4.69) is 35.3 Å². The van der Waals surface area contributed by atoms with Gasteiger partial charge in [0, 0.05) is 42.4 Å². The summed E-state index contributed by atoms with van der Waals surface area (Å²) in [5, 5.41) is 3.56. The highest BCUT2D eigenvalue weighted by Gasteiger charge is 2.25. The molecule has 1 aromatic carbocycles. The lowest BCUT2D eigenvalue weighted by Gasteiger charge is -2.27. The topological polar surface area (TPSA) is 74.9 Å². The fraction of sp³-hybridized carbons (Fsp3) is 0.346. The van der Waals surface area contributed by atoms with E-state index in [-0.39, 0.29) is 25.0 Å². The molecule has 0 amide bonds. The highest BCUT2D eigenvalue weighted by atomic mass is 16.7. The first-order valence-electron chi connectivity index (χ1n) is 10.9. The summed E-state index contributed by atoms with van der Waals surface area (Å²) < 4.78 is 13.8. The summed E-state index contributed by atoms with van der Waals surface area (Å²) >= 11 is 0. The number of rotatable bonds is 10. The van der Waals surface area contributed by atoms with Crippen LogP contribution in [0.1, 0.15) is 60.1 Å². The molecule has 1 fully saturated rings. The summed E-state index contributed by atoms with van der Waals surface area (Å²) in [5.74, 6) is 7.09. The summed E-state index contributed by atoms with van der Waals surface area (Å²) in [6.45, 7) is 10.1. The maximum absolute atomic E-state index is 10.9. The average molecular weight is 448 g/mol. The molecule has 1 saturated heterocycles. The van der Waals surface area contributed by atoms with Gasteiger partial charge in [-0.2, -0.15) is 0 Å². The SMILES string of the molecule is C=C/C=C(/C#Cc1ccc(C=O)cc1)C(CON=C)n1ccnc1[C@H](C)OC1CCCCO1. The second-order valence-corrected chi connectivity index (χ2v) is 7.56. The van der Waals surface area contributed by atoms with Gasteiger partial charge in [-0.05, 0) is 44.4 Å². The molecule has 3 atom stereocenters. The van der Waals surface area contributed by atoms with Crippen LogP contribution in [-0.4, -0.2) is 42.1 Å². The van der Waals surface area contributed by atoms with E-state index in [0.717, 1.165) is 42.5 Å². The van der Waals surface area contributed by atoms with Crippen LogP contribution in [0.4, 0.5) is 0 Å². The number of imidazole rings is 1. The van der Waals surface area contributed by atoms with Crippen LogP contribution in [0.15, 0.2) is 66.1 Å². The van der Waals surface area contributed by atoms with Crippen LogP contribution in [0, 0.1) is 11.8 Å². The molecule has 7 heteroatoms. The summed E-state index contributed by atoms with van der Waals surface area (Å²) in [5.41, 5.74) is 2.15. The van der Waals surface area contributed by atoms with Crippen LogP contribution in [0.5, 0.6) is 0 Å². The Kier molecular flexibility index (Phi) is 9.19. The molecule has 172 valence electrons. The highest BCUT2D eigenvalue weighted by Crippen LogP contribution is 2.27. The molecule has 0 spiro atoms. The van der Waals surface area contributed by atoms with Crippen molar-refractivity contribution in [1.29, 1.82) is 0 Å². The van der Waals surface area contributed by atoms with Gasteiger partial charge in [-0.15, -0.1) is 5.16 Å². The molecule has 3 rings (SSSR count). The second-order valence-electron chi connectivity index (χ2n) is 7.56. The first kappa shape index (κ1) is 24.2. The average Bonchev–Trinajstić information content (AvgIpc) is 3.33. The van der Waals surface area contributed by atoms with E-state index in [0.29, 0.717) is 12.2 Å². The van der Waals surface area contributed by atoms with E-state index in [4.69, 9.17) is 14.3 Å². The van der Waals surface area contributed by atoms with Crippen LogP contribution in [-0.2, 0) is 14.3 Å². The van der Waals surface area contributed by atoms with Gasteiger partial charge >= 0.3 is 0 Å². The number of hydrogen-bond acceptors (Lipinski definition) is 6. The van der Waals surface area contributed by atoms with Crippen molar-refractivity contribution in [1.82, 2.24) is 9.55 Å².